The Morgan fingerprint density at radius 2 is 1.74 bits per heavy atom. The summed E-state index contributed by atoms with van der Waals surface area (Å²) in [4.78, 5) is 12.7. The Morgan fingerprint density at radius 1 is 1.00 bits per heavy atom. The average Bonchev–Trinajstić information content (AvgIpc) is 2.85. The number of halogens is 2. The van der Waals surface area contributed by atoms with Gasteiger partial charge in [-0.3, -0.25) is 0 Å². The fourth-order valence-electron chi connectivity index (χ4n) is 4.16. The van der Waals surface area contributed by atoms with Gasteiger partial charge in [0.2, 0.25) is 0 Å². The Bertz CT molecular complexity index is 1340. The monoisotopic (exact) mass is 531 g/mol. The van der Waals surface area contributed by atoms with Gasteiger partial charge in [0.1, 0.15) is 0 Å². The Labute approximate surface area is 216 Å². The van der Waals surface area contributed by atoms with Crippen LogP contribution in [0.5, 0.6) is 0 Å². The first-order valence-electron chi connectivity index (χ1n) is 11.3. The van der Waals surface area contributed by atoms with E-state index in [4.69, 9.17) is 23.2 Å². The topological polar surface area (TPSA) is 87.3 Å². The molecule has 184 valence electrons. The summed E-state index contributed by atoms with van der Waals surface area (Å²) in [5.74, 6) is 0. The number of carbonyl (C=O) groups excluding carboxylic acids is 1. The van der Waals surface area contributed by atoms with Crippen LogP contribution in [0.15, 0.2) is 65.6 Å². The van der Waals surface area contributed by atoms with Crippen molar-refractivity contribution in [2.45, 2.75) is 43.0 Å². The maximum Gasteiger partial charge on any atom is 0.319 e. The number of benzene rings is 3. The number of anilines is 1. The molecule has 9 heteroatoms. The highest BCUT2D eigenvalue weighted by Crippen LogP contribution is 2.32. The Morgan fingerprint density at radius 3 is 2.49 bits per heavy atom. The zero-order valence-corrected chi connectivity index (χ0v) is 21.8. The van der Waals surface area contributed by atoms with Gasteiger partial charge in [0.15, 0.2) is 9.84 Å². The Kier molecular flexibility index (Phi) is 7.71. The molecule has 2 amide bonds. The van der Waals surface area contributed by atoms with Gasteiger partial charge in [-0.15, -0.1) is 0 Å². The summed E-state index contributed by atoms with van der Waals surface area (Å²) >= 11 is 12.3. The van der Waals surface area contributed by atoms with Crippen LogP contribution in [0, 0.1) is 0 Å². The fraction of sp³-hybridized carbons (Fsp3) is 0.269. The molecule has 0 saturated heterocycles. The summed E-state index contributed by atoms with van der Waals surface area (Å²) in [6.07, 6.45) is 0.889. The fourth-order valence-corrected chi connectivity index (χ4v) is 6.06. The van der Waals surface area contributed by atoms with Crippen LogP contribution in [0.1, 0.15) is 47.4 Å². The number of rotatable bonds is 6. The third kappa shape index (κ3) is 5.64. The highest BCUT2D eigenvalue weighted by atomic mass is 35.5. The molecule has 1 unspecified atom stereocenters. The normalized spacial score (nSPS) is 15.1. The molecule has 0 radical (unpaired) electrons. The number of fused-ring (bicyclic) bond motifs is 1. The first kappa shape index (κ1) is 25.5. The molecule has 0 aromatic heterocycles. The molecule has 3 aromatic rings. The van der Waals surface area contributed by atoms with Gasteiger partial charge in [-0.2, -0.15) is 0 Å². The molecule has 0 spiro atoms. The van der Waals surface area contributed by atoms with Gasteiger partial charge in [0.25, 0.3) is 0 Å². The van der Waals surface area contributed by atoms with E-state index in [1.165, 1.54) is 23.3 Å². The maximum absolute atomic E-state index is 13.3. The molecule has 0 aliphatic carbocycles. The third-order valence-electron chi connectivity index (χ3n) is 6.29. The number of hydrogen-bond donors (Lipinski definition) is 3. The van der Waals surface area contributed by atoms with Gasteiger partial charge in [-0.05, 0) is 79.4 Å². The van der Waals surface area contributed by atoms with Gasteiger partial charge >= 0.3 is 6.03 Å². The molecule has 35 heavy (non-hydrogen) atoms. The highest BCUT2D eigenvalue weighted by molar-refractivity contribution is 7.91. The van der Waals surface area contributed by atoms with Gasteiger partial charge < -0.3 is 16.0 Å². The zero-order valence-electron chi connectivity index (χ0n) is 19.4. The van der Waals surface area contributed by atoms with Crippen molar-refractivity contribution in [2.75, 3.05) is 11.9 Å². The largest absolute Gasteiger partial charge is 0.331 e. The quantitative estimate of drug-likeness (QED) is 0.360. The number of hydrogen-bond acceptors (Lipinski definition) is 4. The lowest BCUT2D eigenvalue weighted by Gasteiger charge is -2.20. The van der Waals surface area contributed by atoms with Gasteiger partial charge in [0.05, 0.1) is 26.2 Å². The summed E-state index contributed by atoms with van der Waals surface area (Å²) in [5.41, 5.74) is 4.36. The van der Waals surface area contributed by atoms with Crippen molar-refractivity contribution in [3.05, 3.63) is 93.0 Å². The smallest absolute Gasteiger partial charge is 0.319 e. The van der Waals surface area contributed by atoms with Crippen LogP contribution in [0.2, 0.25) is 10.0 Å². The van der Waals surface area contributed by atoms with E-state index < -0.39 is 21.1 Å². The number of amides is 2. The van der Waals surface area contributed by atoms with E-state index >= 15 is 0 Å². The standard InChI is InChI=1S/C26H27Cl2N3O3S/c1-16(23-4-3-5-24(27)25(23)28)30-26(32)31-21-8-10-22(11-9-21)35(33,34)17(2)18-6-7-20-15-29-13-12-19(20)14-18/h3-11,14,16-17,29H,12-13,15H2,1-2H3,(H2,30,31,32)/t16-,17?/m0/s1. The van der Waals surface area contributed by atoms with Crippen molar-refractivity contribution < 1.29 is 13.2 Å². The van der Waals surface area contributed by atoms with Crippen molar-refractivity contribution in [2.24, 2.45) is 0 Å². The van der Waals surface area contributed by atoms with E-state index in [9.17, 15) is 13.2 Å². The Balaban J connectivity index is 1.43. The first-order chi connectivity index (χ1) is 16.7. The molecule has 1 aliphatic rings. The molecule has 6 nitrogen and oxygen atoms in total. The molecule has 1 aliphatic heterocycles. The van der Waals surface area contributed by atoms with E-state index in [1.54, 1.807) is 44.2 Å². The number of sulfone groups is 1. The molecular formula is C26H27Cl2N3O3S. The SMILES string of the molecule is CC(c1ccc2c(c1)CCNC2)S(=O)(=O)c1ccc(NC(=O)N[C@@H](C)c2cccc(Cl)c2Cl)cc1. The number of carbonyl (C=O) groups is 1. The summed E-state index contributed by atoms with van der Waals surface area (Å²) < 4.78 is 26.5. The summed E-state index contributed by atoms with van der Waals surface area (Å²) in [6.45, 7) is 5.21. The van der Waals surface area contributed by atoms with Crippen LogP contribution in [0.3, 0.4) is 0 Å². The number of urea groups is 1. The molecule has 3 aromatic carbocycles. The van der Waals surface area contributed by atoms with Crippen LogP contribution in [-0.4, -0.2) is 21.0 Å². The third-order valence-corrected chi connectivity index (χ3v) is 9.25. The second kappa shape index (κ2) is 10.6. The van der Waals surface area contributed by atoms with Crippen molar-refractivity contribution >= 4 is 44.8 Å². The van der Waals surface area contributed by atoms with E-state index in [2.05, 4.69) is 16.0 Å². The minimum atomic E-state index is -3.60. The maximum atomic E-state index is 13.3. The molecule has 1 heterocycles. The lowest BCUT2D eigenvalue weighted by molar-refractivity contribution is 0.249. The summed E-state index contributed by atoms with van der Waals surface area (Å²) in [7, 11) is -3.60. The van der Waals surface area contributed by atoms with Gasteiger partial charge in [-0.25, -0.2) is 13.2 Å². The Hall–Kier alpha value is -2.58. The van der Waals surface area contributed by atoms with Crippen LogP contribution < -0.4 is 16.0 Å². The minimum absolute atomic E-state index is 0.203. The van der Waals surface area contributed by atoms with E-state index in [1.807, 2.05) is 18.2 Å². The molecule has 3 N–H and O–H groups in total. The average molecular weight is 532 g/mol. The number of nitrogens with one attached hydrogen (secondary N) is 3. The lowest BCUT2D eigenvalue weighted by Crippen LogP contribution is -2.31. The van der Waals surface area contributed by atoms with E-state index in [-0.39, 0.29) is 10.9 Å². The van der Waals surface area contributed by atoms with Crippen LogP contribution in [0.25, 0.3) is 0 Å². The second-order valence-electron chi connectivity index (χ2n) is 8.63. The van der Waals surface area contributed by atoms with E-state index in [0.29, 0.717) is 21.3 Å². The molecule has 0 saturated carbocycles. The summed E-state index contributed by atoms with van der Waals surface area (Å²) in [6, 6.07) is 16.5. The molecule has 0 fully saturated rings. The van der Waals surface area contributed by atoms with Crippen LogP contribution in [-0.2, 0) is 22.8 Å². The second-order valence-corrected chi connectivity index (χ2v) is 11.7. The van der Waals surface area contributed by atoms with Crippen molar-refractivity contribution in [1.29, 1.82) is 0 Å². The first-order valence-corrected chi connectivity index (χ1v) is 13.6. The predicted molar refractivity (Wildman–Crippen MR) is 141 cm³/mol. The molecular weight excluding hydrogens is 505 g/mol. The van der Waals surface area contributed by atoms with Crippen molar-refractivity contribution in [3.63, 3.8) is 0 Å². The zero-order chi connectivity index (χ0) is 25.2. The van der Waals surface area contributed by atoms with Gasteiger partial charge in [0, 0.05) is 12.2 Å². The molecule has 0 bridgehead atoms. The predicted octanol–water partition coefficient (Wildman–Crippen LogP) is 6.06. The van der Waals surface area contributed by atoms with Crippen LogP contribution in [0.4, 0.5) is 10.5 Å². The summed E-state index contributed by atoms with van der Waals surface area (Å²) in [5, 5.41) is 8.97. The van der Waals surface area contributed by atoms with Crippen LogP contribution >= 0.6 is 23.2 Å². The minimum Gasteiger partial charge on any atom is -0.331 e. The van der Waals surface area contributed by atoms with Crippen molar-refractivity contribution in [1.82, 2.24) is 10.6 Å². The molecule has 2 atom stereocenters. The van der Waals surface area contributed by atoms with Gasteiger partial charge in [-0.1, -0.05) is 53.5 Å². The lowest BCUT2D eigenvalue weighted by atomic mass is 9.97. The van der Waals surface area contributed by atoms with E-state index in [0.717, 1.165) is 25.1 Å². The van der Waals surface area contributed by atoms with Crippen molar-refractivity contribution in [3.8, 4) is 0 Å². The molecule has 4 rings (SSSR count). The highest BCUT2D eigenvalue weighted by Gasteiger charge is 2.26.